The molecule has 1 heterocycles. The molecule has 4 rings (SSSR count). The maximum atomic E-state index is 5.18. The summed E-state index contributed by atoms with van der Waals surface area (Å²) >= 11 is 2.04. The summed E-state index contributed by atoms with van der Waals surface area (Å²) in [5.41, 5.74) is 1.91. The fourth-order valence-corrected chi connectivity index (χ4v) is 5.86. The molecule has 2 saturated carbocycles. The third kappa shape index (κ3) is 2.37. The molecule has 1 aromatic heterocycles. The van der Waals surface area contributed by atoms with E-state index in [1.54, 1.807) is 4.88 Å². The van der Waals surface area contributed by atoms with Crippen molar-refractivity contribution in [3.05, 3.63) is 15.6 Å². The van der Waals surface area contributed by atoms with Crippen molar-refractivity contribution >= 4 is 11.3 Å². The van der Waals surface area contributed by atoms with E-state index in [0.29, 0.717) is 5.41 Å². The summed E-state index contributed by atoms with van der Waals surface area (Å²) < 4.78 is 0. The van der Waals surface area contributed by atoms with Gasteiger partial charge in [-0.15, -0.1) is 11.3 Å². The van der Waals surface area contributed by atoms with E-state index in [4.69, 9.17) is 4.98 Å². The molecule has 0 radical (unpaired) electrons. The highest BCUT2D eigenvalue weighted by atomic mass is 32.1. The quantitative estimate of drug-likeness (QED) is 0.885. The smallest absolute Gasteiger partial charge is 0.114 e. The van der Waals surface area contributed by atoms with E-state index in [1.165, 1.54) is 74.9 Å². The fourth-order valence-electron chi connectivity index (χ4n) is 4.35. The zero-order valence-electron chi connectivity index (χ0n) is 13.5. The maximum absolute atomic E-state index is 5.18. The number of aromatic nitrogens is 1. The molecule has 0 saturated heterocycles. The fraction of sp³-hybridized carbons (Fsp3) is 0.833. The molecule has 0 amide bonds. The minimum Gasteiger partial charge on any atom is -0.302 e. The Morgan fingerprint density at radius 3 is 2.52 bits per heavy atom. The number of rotatable bonds is 3. The Morgan fingerprint density at radius 1 is 1.05 bits per heavy atom. The van der Waals surface area contributed by atoms with E-state index >= 15 is 0 Å². The predicted molar refractivity (Wildman–Crippen MR) is 88.8 cm³/mol. The van der Waals surface area contributed by atoms with Gasteiger partial charge in [-0.3, -0.25) is 0 Å². The lowest BCUT2D eigenvalue weighted by Crippen LogP contribution is -2.55. The van der Waals surface area contributed by atoms with Crippen LogP contribution in [-0.4, -0.2) is 11.0 Å². The summed E-state index contributed by atoms with van der Waals surface area (Å²) in [4.78, 5) is 6.77. The first kappa shape index (κ1) is 14.2. The second kappa shape index (κ2) is 5.06. The molecule has 3 aliphatic carbocycles. The molecule has 1 N–H and O–H groups in total. The van der Waals surface area contributed by atoms with Crippen molar-refractivity contribution in [3.8, 4) is 0 Å². The van der Waals surface area contributed by atoms with Crippen LogP contribution in [0.2, 0.25) is 0 Å². The number of hydrogen-bond acceptors (Lipinski definition) is 3. The van der Waals surface area contributed by atoms with E-state index in [9.17, 15) is 0 Å². The van der Waals surface area contributed by atoms with Crippen molar-refractivity contribution in [2.45, 2.75) is 89.6 Å². The first-order valence-corrected chi connectivity index (χ1v) is 9.69. The minimum absolute atomic E-state index is 0.147. The van der Waals surface area contributed by atoms with Crippen LogP contribution in [0, 0.1) is 5.41 Å². The van der Waals surface area contributed by atoms with Crippen LogP contribution in [-0.2, 0) is 18.4 Å². The Hall–Kier alpha value is -0.410. The van der Waals surface area contributed by atoms with Gasteiger partial charge in [0, 0.05) is 10.9 Å². The van der Waals surface area contributed by atoms with Gasteiger partial charge in [0.05, 0.1) is 11.2 Å². The first-order valence-electron chi connectivity index (χ1n) is 8.87. The molecule has 3 aliphatic rings. The predicted octanol–water partition coefficient (Wildman–Crippen LogP) is 4.57. The molecule has 1 aromatic rings. The van der Waals surface area contributed by atoms with E-state index in [0.717, 1.165) is 6.04 Å². The summed E-state index contributed by atoms with van der Waals surface area (Å²) in [6.07, 6.45) is 13.3. The number of thiazole rings is 1. The second-order valence-electron chi connectivity index (χ2n) is 8.01. The number of aryl methyl sites for hydroxylation is 2. The van der Waals surface area contributed by atoms with Crippen LogP contribution in [0.3, 0.4) is 0 Å². The normalized spacial score (nSPS) is 31.9. The minimum atomic E-state index is 0.147. The molecule has 21 heavy (non-hydrogen) atoms. The van der Waals surface area contributed by atoms with Gasteiger partial charge in [0.1, 0.15) is 5.01 Å². The summed E-state index contributed by atoms with van der Waals surface area (Å²) in [5.74, 6) is 0. The van der Waals surface area contributed by atoms with Crippen molar-refractivity contribution in [1.82, 2.24) is 10.3 Å². The molecule has 2 fully saturated rings. The summed E-state index contributed by atoms with van der Waals surface area (Å²) in [5, 5.41) is 5.49. The highest BCUT2D eigenvalue weighted by Crippen LogP contribution is 2.53. The number of nitrogens with zero attached hydrogens (tertiary/aromatic N) is 1. The largest absolute Gasteiger partial charge is 0.302 e. The SMILES string of the molecule is CC1(C)CCCCC1(NC1CC1)c1nc2c(s1)CCCC2. The Morgan fingerprint density at radius 2 is 1.81 bits per heavy atom. The molecule has 1 unspecified atom stereocenters. The van der Waals surface area contributed by atoms with Crippen molar-refractivity contribution < 1.29 is 0 Å². The lowest BCUT2D eigenvalue weighted by molar-refractivity contribution is 0.0569. The van der Waals surface area contributed by atoms with E-state index in [-0.39, 0.29) is 5.54 Å². The summed E-state index contributed by atoms with van der Waals surface area (Å²) in [6, 6.07) is 0.753. The van der Waals surface area contributed by atoms with Crippen LogP contribution in [0.4, 0.5) is 0 Å². The van der Waals surface area contributed by atoms with Gasteiger partial charge in [-0.2, -0.15) is 0 Å². The summed E-state index contributed by atoms with van der Waals surface area (Å²) in [7, 11) is 0. The lowest BCUT2D eigenvalue weighted by atomic mass is 9.63. The van der Waals surface area contributed by atoms with Gasteiger partial charge < -0.3 is 5.32 Å². The molecule has 116 valence electrons. The maximum Gasteiger partial charge on any atom is 0.114 e. The number of fused-ring (bicyclic) bond motifs is 1. The third-order valence-corrected chi connectivity index (χ3v) is 7.32. The molecule has 1 atom stereocenters. The number of hydrogen-bond donors (Lipinski definition) is 1. The van der Waals surface area contributed by atoms with Gasteiger partial charge in [0.2, 0.25) is 0 Å². The first-order chi connectivity index (χ1) is 10.1. The van der Waals surface area contributed by atoms with Gasteiger partial charge in [-0.05, 0) is 56.8 Å². The molecular formula is C18H28N2S. The van der Waals surface area contributed by atoms with Gasteiger partial charge >= 0.3 is 0 Å². The summed E-state index contributed by atoms with van der Waals surface area (Å²) in [6.45, 7) is 4.95. The molecule has 0 aromatic carbocycles. The van der Waals surface area contributed by atoms with Gasteiger partial charge in [-0.1, -0.05) is 26.7 Å². The van der Waals surface area contributed by atoms with Crippen LogP contribution in [0.25, 0.3) is 0 Å². The molecule has 2 nitrogen and oxygen atoms in total. The molecule has 0 bridgehead atoms. The van der Waals surface area contributed by atoms with Gasteiger partial charge in [-0.25, -0.2) is 4.98 Å². The van der Waals surface area contributed by atoms with Gasteiger partial charge in [0.25, 0.3) is 0 Å². The van der Waals surface area contributed by atoms with E-state index in [1.807, 2.05) is 11.3 Å². The third-order valence-electron chi connectivity index (χ3n) is 6.00. The van der Waals surface area contributed by atoms with Crippen molar-refractivity contribution in [2.24, 2.45) is 5.41 Å². The van der Waals surface area contributed by atoms with E-state index in [2.05, 4.69) is 19.2 Å². The lowest BCUT2D eigenvalue weighted by Gasteiger charge is -2.50. The molecule has 3 heteroatoms. The van der Waals surface area contributed by atoms with Crippen molar-refractivity contribution in [1.29, 1.82) is 0 Å². The van der Waals surface area contributed by atoms with Crippen LogP contribution in [0.1, 0.15) is 80.8 Å². The van der Waals surface area contributed by atoms with Crippen LogP contribution in [0.15, 0.2) is 0 Å². The zero-order valence-corrected chi connectivity index (χ0v) is 14.3. The van der Waals surface area contributed by atoms with E-state index < -0.39 is 0 Å². The van der Waals surface area contributed by atoms with Gasteiger partial charge in [0.15, 0.2) is 0 Å². The topological polar surface area (TPSA) is 24.9 Å². The highest BCUT2D eigenvalue weighted by Gasteiger charge is 2.52. The molecule has 0 spiro atoms. The Labute approximate surface area is 132 Å². The Balaban J connectivity index is 1.76. The molecule has 0 aliphatic heterocycles. The van der Waals surface area contributed by atoms with Crippen molar-refractivity contribution in [2.75, 3.05) is 0 Å². The average molecular weight is 305 g/mol. The zero-order chi connectivity index (χ0) is 14.5. The number of nitrogens with one attached hydrogen (secondary N) is 1. The average Bonchev–Trinajstić information content (AvgIpc) is 3.16. The molecular weight excluding hydrogens is 276 g/mol. The Bertz CT molecular complexity index is 506. The second-order valence-corrected chi connectivity index (χ2v) is 9.09. The monoisotopic (exact) mass is 304 g/mol. The van der Waals surface area contributed by atoms with Crippen LogP contribution < -0.4 is 5.32 Å². The van der Waals surface area contributed by atoms with Crippen LogP contribution in [0.5, 0.6) is 0 Å². The van der Waals surface area contributed by atoms with Crippen LogP contribution >= 0.6 is 11.3 Å². The van der Waals surface area contributed by atoms with Crippen molar-refractivity contribution in [3.63, 3.8) is 0 Å². The Kier molecular flexibility index (Phi) is 3.42. The standard InChI is InChI=1S/C18H28N2S/c1-17(2)11-5-6-12-18(17,20-13-9-10-13)16-19-14-7-3-4-8-15(14)21-16/h13,20H,3-12H2,1-2H3. The highest BCUT2D eigenvalue weighted by molar-refractivity contribution is 7.11.